The molecule has 142 valence electrons. The van der Waals surface area contributed by atoms with Crippen LogP contribution in [0.3, 0.4) is 0 Å². The SMILES string of the molecule is Cc1nc(C=C2C(=O)N3C(C(=O)OCc4ccc([N+](=O)[O-])cc4)=CSC23)cs1. The van der Waals surface area contributed by atoms with E-state index in [4.69, 9.17) is 4.74 Å². The minimum Gasteiger partial charge on any atom is -0.456 e. The van der Waals surface area contributed by atoms with Gasteiger partial charge in [-0.2, -0.15) is 0 Å². The van der Waals surface area contributed by atoms with Crippen molar-refractivity contribution in [2.45, 2.75) is 18.9 Å². The molecule has 1 atom stereocenters. The summed E-state index contributed by atoms with van der Waals surface area (Å²) < 4.78 is 5.26. The molecule has 0 bridgehead atoms. The van der Waals surface area contributed by atoms with Crippen LogP contribution >= 0.6 is 23.1 Å². The van der Waals surface area contributed by atoms with Crippen LogP contribution in [0.2, 0.25) is 0 Å². The van der Waals surface area contributed by atoms with Gasteiger partial charge in [0.05, 0.1) is 21.2 Å². The summed E-state index contributed by atoms with van der Waals surface area (Å²) >= 11 is 2.88. The molecule has 1 aromatic carbocycles. The Morgan fingerprint density at radius 2 is 2.14 bits per heavy atom. The maximum absolute atomic E-state index is 12.5. The van der Waals surface area contributed by atoms with Gasteiger partial charge in [-0.05, 0) is 30.7 Å². The monoisotopic (exact) mass is 415 g/mol. The highest BCUT2D eigenvalue weighted by molar-refractivity contribution is 8.03. The smallest absolute Gasteiger partial charge is 0.355 e. The minimum absolute atomic E-state index is 0.0337. The molecule has 0 N–H and O–H groups in total. The fraction of sp³-hybridized carbons (Fsp3) is 0.167. The van der Waals surface area contributed by atoms with Gasteiger partial charge in [0.15, 0.2) is 0 Å². The standard InChI is InChI=1S/C18H13N3O5S2/c1-10-19-12(8-27-10)6-14-16(22)20-15(9-28-17(14)20)18(23)26-7-11-2-4-13(5-3-11)21(24)25/h2-6,8-9,17H,7H2,1H3. The number of aromatic nitrogens is 1. The van der Waals surface area contributed by atoms with E-state index < -0.39 is 10.9 Å². The topological polar surface area (TPSA) is 103 Å². The third-order valence-corrected chi connectivity index (χ3v) is 6.07. The molecule has 2 aliphatic heterocycles. The number of non-ortho nitro benzene ring substituents is 1. The van der Waals surface area contributed by atoms with E-state index in [0.717, 1.165) is 10.7 Å². The Kier molecular flexibility index (Phi) is 4.73. The number of hydrogen-bond donors (Lipinski definition) is 0. The number of amides is 1. The first-order chi connectivity index (χ1) is 13.4. The Labute approximate surface area is 167 Å². The van der Waals surface area contributed by atoms with E-state index in [1.54, 1.807) is 11.5 Å². The molecule has 1 aromatic heterocycles. The van der Waals surface area contributed by atoms with Crippen LogP contribution in [0.1, 0.15) is 16.3 Å². The number of rotatable bonds is 5. The van der Waals surface area contributed by atoms with Gasteiger partial charge < -0.3 is 4.74 Å². The van der Waals surface area contributed by atoms with Crippen molar-refractivity contribution in [2.75, 3.05) is 0 Å². The van der Waals surface area contributed by atoms with Crippen molar-refractivity contribution < 1.29 is 19.2 Å². The van der Waals surface area contributed by atoms with Crippen LogP contribution in [-0.4, -0.2) is 32.1 Å². The number of thioether (sulfide) groups is 1. The highest BCUT2D eigenvalue weighted by Crippen LogP contribution is 2.45. The number of esters is 1. The fourth-order valence-corrected chi connectivity index (χ4v) is 4.49. The first kappa shape index (κ1) is 18.4. The van der Waals surface area contributed by atoms with Gasteiger partial charge in [0.2, 0.25) is 0 Å². The number of benzene rings is 1. The quantitative estimate of drug-likeness (QED) is 0.243. The Morgan fingerprint density at radius 3 is 2.79 bits per heavy atom. The summed E-state index contributed by atoms with van der Waals surface area (Å²) in [6, 6.07) is 5.75. The van der Waals surface area contributed by atoms with Crippen LogP contribution in [0.15, 0.2) is 46.3 Å². The van der Waals surface area contributed by atoms with E-state index in [1.165, 1.54) is 52.3 Å². The van der Waals surface area contributed by atoms with Crippen molar-refractivity contribution in [1.29, 1.82) is 0 Å². The first-order valence-electron chi connectivity index (χ1n) is 8.17. The van der Waals surface area contributed by atoms with Gasteiger partial charge in [-0.3, -0.25) is 19.8 Å². The molecule has 0 aliphatic carbocycles. The van der Waals surface area contributed by atoms with Crippen molar-refractivity contribution in [3.8, 4) is 0 Å². The number of carbonyl (C=O) groups excluding carboxylic acids is 2. The molecule has 8 nitrogen and oxygen atoms in total. The molecular weight excluding hydrogens is 402 g/mol. The number of aryl methyl sites for hydroxylation is 1. The lowest BCUT2D eigenvalue weighted by molar-refractivity contribution is -0.384. The zero-order valence-electron chi connectivity index (χ0n) is 14.5. The first-order valence-corrected chi connectivity index (χ1v) is 9.99. The molecule has 10 heteroatoms. The van der Waals surface area contributed by atoms with Gasteiger partial charge in [-0.15, -0.1) is 23.1 Å². The van der Waals surface area contributed by atoms with E-state index >= 15 is 0 Å². The number of fused-ring (bicyclic) bond motifs is 1. The summed E-state index contributed by atoms with van der Waals surface area (Å²) in [5.41, 5.74) is 2.13. The average molecular weight is 415 g/mol. The molecule has 0 radical (unpaired) electrons. The highest BCUT2D eigenvalue weighted by Gasteiger charge is 2.49. The van der Waals surface area contributed by atoms with Crippen LogP contribution in [0.4, 0.5) is 5.69 Å². The summed E-state index contributed by atoms with van der Waals surface area (Å²) in [5.74, 6) is -0.843. The van der Waals surface area contributed by atoms with Gasteiger partial charge in [0.25, 0.3) is 11.6 Å². The maximum atomic E-state index is 12.5. The van der Waals surface area contributed by atoms with Gasteiger partial charge in [-0.25, -0.2) is 9.78 Å². The second-order valence-corrected chi connectivity index (χ2v) is 8.07. The van der Waals surface area contributed by atoms with Crippen LogP contribution in [0.25, 0.3) is 6.08 Å². The lowest BCUT2D eigenvalue weighted by Gasteiger charge is -2.37. The Morgan fingerprint density at radius 1 is 1.39 bits per heavy atom. The molecule has 1 amide bonds. The fourth-order valence-electron chi connectivity index (χ4n) is 2.80. The summed E-state index contributed by atoms with van der Waals surface area (Å²) in [5, 5.41) is 14.8. The number of nitrogens with zero attached hydrogens (tertiary/aromatic N) is 3. The van der Waals surface area contributed by atoms with Crippen molar-refractivity contribution in [1.82, 2.24) is 9.88 Å². The van der Waals surface area contributed by atoms with Crippen LogP contribution in [0, 0.1) is 17.0 Å². The van der Waals surface area contributed by atoms with E-state index in [-0.39, 0.29) is 29.3 Å². The Bertz CT molecular complexity index is 1040. The summed E-state index contributed by atoms with van der Waals surface area (Å²) in [6.45, 7) is 1.86. The van der Waals surface area contributed by atoms with Gasteiger partial charge >= 0.3 is 5.97 Å². The molecule has 28 heavy (non-hydrogen) atoms. The molecule has 1 unspecified atom stereocenters. The molecule has 1 saturated heterocycles. The lowest BCUT2D eigenvalue weighted by atomic mass is 10.0. The highest BCUT2D eigenvalue weighted by atomic mass is 32.2. The molecule has 0 spiro atoms. The molecule has 3 heterocycles. The number of ether oxygens (including phenoxy) is 1. The predicted octanol–water partition coefficient (Wildman–Crippen LogP) is 3.24. The Hall–Kier alpha value is -2.98. The number of carbonyl (C=O) groups is 2. The van der Waals surface area contributed by atoms with Crippen LogP contribution < -0.4 is 0 Å². The summed E-state index contributed by atoms with van der Waals surface area (Å²) in [4.78, 5) is 40.7. The van der Waals surface area contributed by atoms with Gasteiger partial charge in [0.1, 0.15) is 17.7 Å². The average Bonchev–Trinajstić information content (AvgIpc) is 3.28. The molecule has 4 rings (SSSR count). The molecule has 1 fully saturated rings. The van der Waals surface area contributed by atoms with Crippen LogP contribution in [0.5, 0.6) is 0 Å². The second-order valence-electron chi connectivity index (χ2n) is 6.06. The molecule has 0 saturated carbocycles. The number of hydrogen-bond acceptors (Lipinski definition) is 8. The largest absolute Gasteiger partial charge is 0.456 e. The predicted molar refractivity (Wildman–Crippen MR) is 104 cm³/mol. The lowest BCUT2D eigenvalue weighted by Crippen LogP contribution is -2.51. The van der Waals surface area contributed by atoms with Crippen molar-refractivity contribution in [2.24, 2.45) is 0 Å². The normalized spacial score (nSPS) is 19.2. The number of β-lactam (4-membered cyclic amide) rings is 1. The van der Waals surface area contributed by atoms with Crippen molar-refractivity contribution in [3.05, 3.63) is 72.7 Å². The third kappa shape index (κ3) is 3.32. The summed E-state index contributed by atoms with van der Waals surface area (Å²) in [7, 11) is 0. The van der Waals surface area contributed by atoms with Crippen molar-refractivity contribution in [3.63, 3.8) is 0 Å². The van der Waals surface area contributed by atoms with E-state index in [0.29, 0.717) is 11.1 Å². The van der Waals surface area contributed by atoms with E-state index in [9.17, 15) is 19.7 Å². The van der Waals surface area contributed by atoms with Gasteiger partial charge in [0, 0.05) is 22.9 Å². The van der Waals surface area contributed by atoms with Gasteiger partial charge in [-0.1, -0.05) is 0 Å². The number of thiazole rings is 1. The van der Waals surface area contributed by atoms with Crippen molar-refractivity contribution >= 4 is 46.7 Å². The zero-order valence-corrected chi connectivity index (χ0v) is 16.2. The van der Waals surface area contributed by atoms with Crippen LogP contribution in [-0.2, 0) is 20.9 Å². The third-order valence-electron chi connectivity index (χ3n) is 4.20. The van der Waals surface area contributed by atoms with E-state index in [1.807, 2.05) is 12.3 Å². The summed E-state index contributed by atoms with van der Waals surface area (Å²) in [6.07, 6.45) is 1.75. The second kappa shape index (κ2) is 7.21. The number of nitro benzene ring substituents is 1. The molecule has 2 aromatic rings. The zero-order chi connectivity index (χ0) is 19.8. The molecule has 2 aliphatic rings. The Balaban J connectivity index is 1.38. The minimum atomic E-state index is -0.606. The number of nitro groups is 1. The maximum Gasteiger partial charge on any atom is 0.355 e. The van der Waals surface area contributed by atoms with E-state index in [2.05, 4.69) is 4.98 Å². The molecular formula is C18H13N3O5S2.